The van der Waals surface area contributed by atoms with E-state index in [2.05, 4.69) is 72.6 Å². The summed E-state index contributed by atoms with van der Waals surface area (Å²) in [5.74, 6) is 2.79. The minimum absolute atomic E-state index is 0.145. The molecular weight excluding hydrogens is 356 g/mol. The molecule has 0 rings (SSSR count). The highest BCUT2D eigenvalue weighted by atomic mass is 28.4. The summed E-state index contributed by atoms with van der Waals surface area (Å²) < 4.78 is 6.49. The monoisotopic (exact) mass is 400 g/mol. The van der Waals surface area contributed by atoms with Crippen LogP contribution < -0.4 is 0 Å². The maximum absolute atomic E-state index is 10.7. The molecule has 0 aliphatic heterocycles. The summed E-state index contributed by atoms with van der Waals surface area (Å²) in [4.78, 5) is 0. The van der Waals surface area contributed by atoms with Crippen LogP contribution >= 0.6 is 0 Å². The third-order valence-corrected chi connectivity index (χ3v) is 12.5. The highest BCUT2D eigenvalue weighted by Crippen LogP contribution is 2.42. The first-order valence-corrected chi connectivity index (χ1v) is 15.8. The average Bonchev–Trinajstić information content (AvgIpc) is 2.49. The molecule has 0 radical (unpaired) electrons. The molecule has 154 valence electrons. The van der Waals surface area contributed by atoms with Crippen LogP contribution in [0.4, 0.5) is 0 Å². The van der Waals surface area contributed by atoms with Crippen LogP contribution in [0.25, 0.3) is 0 Å². The number of rotatable bonds is 9. The molecule has 4 atom stereocenters. The van der Waals surface area contributed by atoms with Gasteiger partial charge in [0.2, 0.25) is 0 Å². The summed E-state index contributed by atoms with van der Waals surface area (Å²) in [5, 5.41) is 21.3. The Kier molecular flexibility index (Phi) is 10.4. The first kappa shape index (κ1) is 25.9. The molecule has 0 aromatic heterocycles. The second-order valence-electron chi connectivity index (χ2n) is 9.85. The fraction of sp³-hybridized carbons (Fsp3) is 0.905. The van der Waals surface area contributed by atoms with Gasteiger partial charge in [-0.3, -0.25) is 0 Å². The van der Waals surface area contributed by atoms with E-state index < -0.39 is 28.6 Å². The standard InChI is InChI=1S/C21H44O3Si2/c1-15(2)26(16(3)4,17(5)6)24-14-20(22)19(8)21(23)18(7)12-13-25(9,10)11/h15-23H,14H2,1-11H3/t18-,19+,20+,21-/m1/s1. The van der Waals surface area contributed by atoms with E-state index in [0.29, 0.717) is 23.2 Å². The van der Waals surface area contributed by atoms with Gasteiger partial charge in [-0.25, -0.2) is 0 Å². The zero-order valence-corrected chi connectivity index (χ0v) is 21.1. The maximum atomic E-state index is 10.7. The van der Waals surface area contributed by atoms with Gasteiger partial charge in [0.05, 0.1) is 18.8 Å². The van der Waals surface area contributed by atoms with Gasteiger partial charge in [-0.1, -0.05) is 68.1 Å². The quantitative estimate of drug-likeness (QED) is 0.420. The van der Waals surface area contributed by atoms with Gasteiger partial charge in [0.25, 0.3) is 0 Å². The number of aliphatic hydroxyl groups is 2. The van der Waals surface area contributed by atoms with Gasteiger partial charge < -0.3 is 14.6 Å². The molecule has 0 bridgehead atoms. The SMILES string of the molecule is CC(C)[Si](OC[C@H](O)[C@H](C)[C@H](O)[C@H](C)C#C[Si](C)(C)C)(C(C)C)C(C)C. The number of hydrogen-bond acceptors (Lipinski definition) is 3. The van der Waals surface area contributed by atoms with Crippen molar-refractivity contribution < 1.29 is 14.6 Å². The fourth-order valence-corrected chi connectivity index (χ4v) is 10.1. The Hall–Kier alpha value is -0.126. The molecule has 5 heteroatoms. The second-order valence-corrected chi connectivity index (χ2v) is 20.1. The molecule has 0 aliphatic carbocycles. The highest BCUT2D eigenvalue weighted by molar-refractivity contribution is 6.83. The maximum Gasteiger partial charge on any atom is 0.200 e. The Labute approximate surface area is 165 Å². The smallest absolute Gasteiger partial charge is 0.200 e. The lowest BCUT2D eigenvalue weighted by Crippen LogP contribution is -2.50. The number of hydrogen-bond donors (Lipinski definition) is 2. The Morgan fingerprint density at radius 3 is 1.58 bits per heavy atom. The van der Waals surface area contributed by atoms with Crippen molar-refractivity contribution in [3.63, 3.8) is 0 Å². The molecule has 0 aromatic carbocycles. The van der Waals surface area contributed by atoms with Crippen LogP contribution in [0.15, 0.2) is 0 Å². The van der Waals surface area contributed by atoms with Gasteiger partial charge in [0, 0.05) is 11.8 Å². The zero-order valence-electron chi connectivity index (χ0n) is 19.1. The molecular formula is C21H44O3Si2. The summed E-state index contributed by atoms with van der Waals surface area (Å²) in [6.07, 6.45) is -1.32. The average molecular weight is 401 g/mol. The number of aliphatic hydroxyl groups excluding tert-OH is 2. The van der Waals surface area contributed by atoms with E-state index in [4.69, 9.17) is 4.43 Å². The predicted octanol–water partition coefficient (Wildman–Crippen LogP) is 5.05. The van der Waals surface area contributed by atoms with Crippen LogP contribution in [0.5, 0.6) is 0 Å². The van der Waals surface area contributed by atoms with E-state index in [1.807, 2.05) is 13.8 Å². The minimum atomic E-state index is -2.00. The van der Waals surface area contributed by atoms with E-state index >= 15 is 0 Å². The lowest BCUT2D eigenvalue weighted by Gasteiger charge is -2.43. The summed E-state index contributed by atoms with van der Waals surface area (Å²) in [6, 6.07) is 0. The van der Waals surface area contributed by atoms with Crippen LogP contribution in [0, 0.1) is 23.3 Å². The van der Waals surface area contributed by atoms with Crippen LogP contribution in [0.3, 0.4) is 0 Å². The first-order valence-electron chi connectivity index (χ1n) is 10.2. The van der Waals surface area contributed by atoms with Gasteiger partial charge in [-0.05, 0) is 23.5 Å². The fourth-order valence-electron chi connectivity index (χ4n) is 3.98. The Morgan fingerprint density at radius 2 is 1.23 bits per heavy atom. The second kappa shape index (κ2) is 10.4. The van der Waals surface area contributed by atoms with E-state index in [9.17, 15) is 10.2 Å². The predicted molar refractivity (Wildman–Crippen MR) is 118 cm³/mol. The van der Waals surface area contributed by atoms with E-state index in [1.165, 1.54) is 0 Å². The van der Waals surface area contributed by atoms with Crippen molar-refractivity contribution in [3.8, 4) is 11.5 Å². The normalized spacial score (nSPS) is 17.8. The van der Waals surface area contributed by atoms with Crippen molar-refractivity contribution in [3.05, 3.63) is 0 Å². The summed E-state index contributed by atoms with van der Waals surface area (Å²) >= 11 is 0. The van der Waals surface area contributed by atoms with Crippen molar-refractivity contribution in [2.24, 2.45) is 11.8 Å². The van der Waals surface area contributed by atoms with Crippen LogP contribution in [-0.2, 0) is 4.43 Å². The molecule has 0 fully saturated rings. The Balaban J connectivity index is 5.08. The van der Waals surface area contributed by atoms with Crippen LogP contribution in [-0.4, -0.2) is 45.4 Å². The third-order valence-electron chi connectivity index (χ3n) is 5.54. The van der Waals surface area contributed by atoms with Crippen molar-refractivity contribution >= 4 is 16.4 Å². The van der Waals surface area contributed by atoms with E-state index in [0.717, 1.165) is 0 Å². The van der Waals surface area contributed by atoms with E-state index in [-0.39, 0.29) is 11.8 Å². The van der Waals surface area contributed by atoms with Crippen molar-refractivity contribution in [1.29, 1.82) is 0 Å². The minimum Gasteiger partial charge on any atom is -0.413 e. The van der Waals surface area contributed by atoms with E-state index in [1.54, 1.807) is 0 Å². The lowest BCUT2D eigenvalue weighted by atomic mass is 9.90. The molecule has 0 saturated heterocycles. The van der Waals surface area contributed by atoms with Gasteiger partial charge in [0.15, 0.2) is 8.32 Å². The molecule has 0 amide bonds. The first-order chi connectivity index (χ1) is 11.7. The van der Waals surface area contributed by atoms with Gasteiger partial charge in [-0.2, -0.15) is 0 Å². The summed E-state index contributed by atoms with van der Waals surface area (Å²) in [5.41, 5.74) is 4.77. The molecule has 0 spiro atoms. The largest absolute Gasteiger partial charge is 0.413 e. The molecule has 0 heterocycles. The van der Waals surface area contributed by atoms with Gasteiger partial charge in [0.1, 0.15) is 8.07 Å². The summed E-state index contributed by atoms with van der Waals surface area (Å²) in [6.45, 7) is 24.2. The molecule has 0 saturated carbocycles. The zero-order chi connectivity index (χ0) is 20.9. The highest BCUT2D eigenvalue weighted by Gasteiger charge is 2.45. The lowest BCUT2D eigenvalue weighted by molar-refractivity contribution is -0.0175. The van der Waals surface area contributed by atoms with Crippen molar-refractivity contribution in [2.75, 3.05) is 6.61 Å². The molecule has 0 unspecified atom stereocenters. The molecule has 2 N–H and O–H groups in total. The Morgan fingerprint density at radius 1 is 0.808 bits per heavy atom. The molecule has 0 aromatic rings. The third kappa shape index (κ3) is 7.12. The van der Waals surface area contributed by atoms with Gasteiger partial charge >= 0.3 is 0 Å². The molecule has 0 aliphatic rings. The summed E-state index contributed by atoms with van der Waals surface area (Å²) in [7, 11) is -3.46. The van der Waals surface area contributed by atoms with Crippen LogP contribution in [0.1, 0.15) is 55.4 Å². The topological polar surface area (TPSA) is 49.7 Å². The van der Waals surface area contributed by atoms with Crippen molar-refractivity contribution in [2.45, 2.75) is 104 Å². The molecule has 3 nitrogen and oxygen atoms in total. The Bertz CT molecular complexity index is 450. The molecule has 26 heavy (non-hydrogen) atoms. The van der Waals surface area contributed by atoms with Gasteiger partial charge in [-0.15, -0.1) is 11.5 Å². The van der Waals surface area contributed by atoms with Crippen molar-refractivity contribution in [1.82, 2.24) is 0 Å². The van der Waals surface area contributed by atoms with Crippen LogP contribution in [0.2, 0.25) is 36.3 Å².